The van der Waals surface area contributed by atoms with Gasteiger partial charge in [0.15, 0.2) is 0 Å². The molecule has 1 atom stereocenters. The van der Waals surface area contributed by atoms with E-state index in [1.165, 1.54) is 0 Å². The molecule has 3 heteroatoms. The van der Waals surface area contributed by atoms with Crippen LogP contribution in [0.25, 0.3) is 0 Å². The minimum Gasteiger partial charge on any atom is -0.354 e. The van der Waals surface area contributed by atoms with Gasteiger partial charge in [-0.05, 0) is 26.8 Å². The normalized spacial score (nSPS) is 13.5. The van der Waals surface area contributed by atoms with Gasteiger partial charge in [-0.15, -0.1) is 0 Å². The first-order valence-electron chi connectivity index (χ1n) is 4.94. The van der Waals surface area contributed by atoms with E-state index < -0.39 is 0 Å². The SMILES string of the molecule is CNCC(C(=O)NC(C)C)C(C)C. The van der Waals surface area contributed by atoms with Crippen LogP contribution in [-0.4, -0.2) is 25.5 Å². The van der Waals surface area contributed by atoms with Gasteiger partial charge in [0.25, 0.3) is 0 Å². The lowest BCUT2D eigenvalue weighted by molar-refractivity contribution is -0.126. The molecule has 1 unspecified atom stereocenters. The third-order valence-corrected chi connectivity index (χ3v) is 2.00. The first-order valence-corrected chi connectivity index (χ1v) is 4.94. The molecule has 0 aliphatic rings. The predicted molar refractivity (Wildman–Crippen MR) is 55.5 cm³/mol. The van der Waals surface area contributed by atoms with E-state index >= 15 is 0 Å². The van der Waals surface area contributed by atoms with Crippen LogP contribution in [0.2, 0.25) is 0 Å². The molecule has 0 saturated heterocycles. The van der Waals surface area contributed by atoms with Crippen LogP contribution in [0.4, 0.5) is 0 Å². The lowest BCUT2D eigenvalue weighted by Crippen LogP contribution is -2.41. The van der Waals surface area contributed by atoms with Crippen molar-refractivity contribution in [2.75, 3.05) is 13.6 Å². The van der Waals surface area contributed by atoms with E-state index in [4.69, 9.17) is 0 Å². The van der Waals surface area contributed by atoms with Crippen molar-refractivity contribution < 1.29 is 4.79 Å². The molecule has 0 aromatic heterocycles. The van der Waals surface area contributed by atoms with Gasteiger partial charge in [0, 0.05) is 12.6 Å². The summed E-state index contributed by atoms with van der Waals surface area (Å²) in [6.45, 7) is 8.85. The zero-order valence-electron chi connectivity index (χ0n) is 9.35. The van der Waals surface area contributed by atoms with Gasteiger partial charge in [-0.3, -0.25) is 4.79 Å². The highest BCUT2D eigenvalue weighted by Crippen LogP contribution is 2.09. The van der Waals surface area contributed by atoms with Gasteiger partial charge in [0.2, 0.25) is 5.91 Å². The minimum absolute atomic E-state index is 0.0763. The highest BCUT2D eigenvalue weighted by atomic mass is 16.1. The zero-order valence-corrected chi connectivity index (χ0v) is 9.35. The molecule has 0 saturated carbocycles. The molecule has 0 radical (unpaired) electrons. The van der Waals surface area contributed by atoms with Crippen molar-refractivity contribution in [2.24, 2.45) is 11.8 Å². The Balaban J connectivity index is 4.11. The second-order valence-electron chi connectivity index (χ2n) is 4.07. The summed E-state index contributed by atoms with van der Waals surface area (Å²) >= 11 is 0. The minimum atomic E-state index is 0.0763. The lowest BCUT2D eigenvalue weighted by atomic mass is 9.94. The van der Waals surface area contributed by atoms with Crippen LogP contribution in [0.3, 0.4) is 0 Å². The van der Waals surface area contributed by atoms with E-state index in [-0.39, 0.29) is 17.9 Å². The summed E-state index contributed by atoms with van der Waals surface area (Å²) in [4.78, 5) is 11.6. The number of amides is 1. The second-order valence-corrected chi connectivity index (χ2v) is 4.07. The molecule has 0 bridgehead atoms. The molecule has 0 aliphatic heterocycles. The highest BCUT2D eigenvalue weighted by Gasteiger charge is 2.21. The molecule has 0 fully saturated rings. The summed E-state index contributed by atoms with van der Waals surface area (Å²) in [7, 11) is 1.87. The molecular formula is C10H22N2O. The molecule has 78 valence electrons. The number of hydrogen-bond acceptors (Lipinski definition) is 2. The maximum atomic E-state index is 11.6. The summed E-state index contributed by atoms with van der Waals surface area (Å²) < 4.78 is 0. The van der Waals surface area contributed by atoms with Crippen LogP contribution >= 0.6 is 0 Å². The monoisotopic (exact) mass is 186 g/mol. The fourth-order valence-corrected chi connectivity index (χ4v) is 1.24. The van der Waals surface area contributed by atoms with E-state index in [9.17, 15) is 4.79 Å². The smallest absolute Gasteiger partial charge is 0.224 e. The first-order chi connectivity index (χ1) is 5.99. The average Bonchev–Trinajstić information content (AvgIpc) is 1.97. The van der Waals surface area contributed by atoms with E-state index in [1.807, 2.05) is 20.9 Å². The fourth-order valence-electron chi connectivity index (χ4n) is 1.24. The van der Waals surface area contributed by atoms with Gasteiger partial charge >= 0.3 is 0 Å². The topological polar surface area (TPSA) is 41.1 Å². The molecule has 0 aliphatic carbocycles. The van der Waals surface area contributed by atoms with Gasteiger partial charge in [0.1, 0.15) is 0 Å². The van der Waals surface area contributed by atoms with Gasteiger partial charge in [-0.2, -0.15) is 0 Å². The molecule has 1 amide bonds. The summed E-state index contributed by atoms with van der Waals surface area (Å²) in [5.74, 6) is 0.609. The van der Waals surface area contributed by atoms with Crippen molar-refractivity contribution in [3.63, 3.8) is 0 Å². The van der Waals surface area contributed by atoms with Crippen LogP contribution in [0.5, 0.6) is 0 Å². The lowest BCUT2D eigenvalue weighted by Gasteiger charge is -2.21. The van der Waals surface area contributed by atoms with Crippen LogP contribution in [0.15, 0.2) is 0 Å². The standard InChI is InChI=1S/C10H22N2O/c1-7(2)9(6-11-5)10(13)12-8(3)4/h7-9,11H,6H2,1-5H3,(H,12,13). The summed E-state index contributed by atoms with van der Waals surface area (Å²) in [6.07, 6.45) is 0. The molecule has 3 nitrogen and oxygen atoms in total. The number of carbonyl (C=O) groups excluding carboxylic acids is 1. The van der Waals surface area contributed by atoms with Crippen molar-refractivity contribution in [1.82, 2.24) is 10.6 Å². The maximum absolute atomic E-state index is 11.6. The third kappa shape index (κ3) is 4.88. The van der Waals surface area contributed by atoms with E-state index in [2.05, 4.69) is 24.5 Å². The van der Waals surface area contributed by atoms with Crippen LogP contribution < -0.4 is 10.6 Å². The van der Waals surface area contributed by atoms with Gasteiger partial charge in [-0.1, -0.05) is 13.8 Å². The molecule has 0 rings (SSSR count). The summed E-state index contributed by atoms with van der Waals surface area (Å²) in [5.41, 5.74) is 0. The first kappa shape index (κ1) is 12.4. The molecule has 0 heterocycles. The average molecular weight is 186 g/mol. The van der Waals surface area contributed by atoms with E-state index in [0.29, 0.717) is 5.92 Å². The summed E-state index contributed by atoms with van der Waals surface area (Å²) in [5, 5.41) is 5.97. The van der Waals surface area contributed by atoms with Crippen molar-refractivity contribution in [3.05, 3.63) is 0 Å². The van der Waals surface area contributed by atoms with Gasteiger partial charge in [0.05, 0.1) is 5.92 Å². The largest absolute Gasteiger partial charge is 0.354 e. The van der Waals surface area contributed by atoms with Crippen LogP contribution in [0.1, 0.15) is 27.7 Å². The van der Waals surface area contributed by atoms with Crippen LogP contribution in [-0.2, 0) is 4.79 Å². The van der Waals surface area contributed by atoms with Gasteiger partial charge in [-0.25, -0.2) is 0 Å². The van der Waals surface area contributed by atoms with Crippen molar-refractivity contribution in [1.29, 1.82) is 0 Å². The Morgan fingerprint density at radius 3 is 2.08 bits per heavy atom. The quantitative estimate of drug-likeness (QED) is 0.672. The molecular weight excluding hydrogens is 164 g/mol. The predicted octanol–water partition coefficient (Wildman–Crippen LogP) is 1.00. The fraction of sp³-hybridized carbons (Fsp3) is 0.900. The zero-order chi connectivity index (χ0) is 10.4. The van der Waals surface area contributed by atoms with Gasteiger partial charge < -0.3 is 10.6 Å². The number of nitrogens with one attached hydrogen (secondary N) is 2. The Morgan fingerprint density at radius 1 is 1.23 bits per heavy atom. The molecule has 0 spiro atoms. The summed E-state index contributed by atoms with van der Waals surface area (Å²) in [6, 6.07) is 0.227. The van der Waals surface area contributed by atoms with Crippen molar-refractivity contribution >= 4 is 5.91 Å². The van der Waals surface area contributed by atoms with Crippen LogP contribution in [0, 0.1) is 11.8 Å². The number of carbonyl (C=O) groups is 1. The molecule has 0 aromatic rings. The van der Waals surface area contributed by atoms with E-state index in [1.54, 1.807) is 0 Å². The Labute approximate surface area is 81.3 Å². The maximum Gasteiger partial charge on any atom is 0.224 e. The Hall–Kier alpha value is -0.570. The molecule has 2 N–H and O–H groups in total. The Kier molecular flexibility index (Phi) is 5.71. The van der Waals surface area contributed by atoms with E-state index in [0.717, 1.165) is 6.54 Å². The molecule has 13 heavy (non-hydrogen) atoms. The van der Waals surface area contributed by atoms with Crippen molar-refractivity contribution in [2.45, 2.75) is 33.7 Å². The second kappa shape index (κ2) is 5.97. The Bertz CT molecular complexity index is 155. The molecule has 0 aromatic carbocycles. The Morgan fingerprint density at radius 2 is 1.77 bits per heavy atom. The third-order valence-electron chi connectivity index (χ3n) is 2.00. The van der Waals surface area contributed by atoms with Crippen molar-refractivity contribution in [3.8, 4) is 0 Å². The highest BCUT2D eigenvalue weighted by molar-refractivity contribution is 5.79. The number of hydrogen-bond donors (Lipinski definition) is 2. The number of rotatable bonds is 5.